The minimum atomic E-state index is 0.261. The summed E-state index contributed by atoms with van der Waals surface area (Å²) in [6, 6.07) is 1.32. The highest BCUT2D eigenvalue weighted by molar-refractivity contribution is 5.73. The summed E-state index contributed by atoms with van der Waals surface area (Å²) in [7, 11) is 0. The first kappa shape index (κ1) is 26.8. The van der Waals surface area contributed by atoms with Gasteiger partial charge < -0.3 is 10.1 Å². The third-order valence-corrected chi connectivity index (χ3v) is 4.37. The van der Waals surface area contributed by atoms with E-state index in [0.717, 1.165) is 19.4 Å². The SMILES string of the molecule is CCCCC/C=C\C/C=C\CCCCCCCCO/C(=N\C(C)C)NC(C)C. The second-order valence-electron chi connectivity index (χ2n) is 8.26. The largest absolute Gasteiger partial charge is 0.465 e. The van der Waals surface area contributed by atoms with Crippen LogP contribution in [0.1, 0.15) is 112 Å². The molecule has 3 nitrogen and oxygen atoms in total. The number of amidine groups is 1. The summed E-state index contributed by atoms with van der Waals surface area (Å²) >= 11 is 0. The van der Waals surface area contributed by atoms with Crippen LogP contribution in [-0.4, -0.2) is 24.7 Å². The van der Waals surface area contributed by atoms with Gasteiger partial charge in [-0.05, 0) is 66.2 Å². The van der Waals surface area contributed by atoms with Crippen LogP contribution in [0.2, 0.25) is 0 Å². The Morgan fingerprint density at radius 2 is 1.36 bits per heavy atom. The molecule has 0 unspecified atom stereocenters. The van der Waals surface area contributed by atoms with E-state index >= 15 is 0 Å². The molecule has 0 aliphatic rings. The summed E-state index contributed by atoms with van der Waals surface area (Å²) in [5.41, 5.74) is 0. The van der Waals surface area contributed by atoms with Gasteiger partial charge in [0.15, 0.2) is 0 Å². The third kappa shape index (κ3) is 21.1. The summed E-state index contributed by atoms with van der Waals surface area (Å²) in [6.07, 6.45) is 24.5. The Hall–Kier alpha value is -1.25. The molecule has 28 heavy (non-hydrogen) atoms. The third-order valence-electron chi connectivity index (χ3n) is 4.37. The molecule has 0 saturated carbocycles. The highest BCUT2D eigenvalue weighted by Gasteiger charge is 2.03. The highest BCUT2D eigenvalue weighted by atomic mass is 16.5. The lowest BCUT2D eigenvalue weighted by molar-refractivity contribution is 0.272. The summed E-state index contributed by atoms with van der Waals surface area (Å²) in [5, 5.41) is 3.28. The standard InChI is InChI=1S/C25H48N2O/c1-6-7-8-9-10-11-12-13-14-15-16-17-18-19-20-21-22-28-25(26-23(2)3)27-24(4)5/h10-11,13-14,23-24H,6-9,12,15-22H2,1-5H3,(H,26,27)/b11-10-,14-13-. The lowest BCUT2D eigenvalue weighted by atomic mass is 10.1. The number of hydrogen-bond donors (Lipinski definition) is 1. The number of nitrogens with one attached hydrogen (secondary N) is 1. The van der Waals surface area contributed by atoms with Crippen molar-refractivity contribution < 1.29 is 4.74 Å². The molecule has 164 valence electrons. The number of ether oxygens (including phenoxy) is 1. The fourth-order valence-electron chi connectivity index (χ4n) is 2.86. The van der Waals surface area contributed by atoms with Crippen molar-refractivity contribution in [3.05, 3.63) is 24.3 Å². The molecule has 0 amide bonds. The quantitative estimate of drug-likeness (QED) is 0.120. The monoisotopic (exact) mass is 392 g/mol. The number of aliphatic imine (C=N–C) groups is 1. The van der Waals surface area contributed by atoms with Crippen molar-refractivity contribution in [2.24, 2.45) is 4.99 Å². The Morgan fingerprint density at radius 1 is 0.786 bits per heavy atom. The summed E-state index contributed by atoms with van der Waals surface area (Å²) in [5.74, 6) is 0. The molecule has 0 aromatic heterocycles. The average molecular weight is 393 g/mol. The summed E-state index contributed by atoms with van der Waals surface area (Å²) in [6.45, 7) is 11.4. The van der Waals surface area contributed by atoms with Gasteiger partial charge in [-0.3, -0.25) is 0 Å². The molecule has 0 saturated heterocycles. The van der Waals surface area contributed by atoms with Crippen molar-refractivity contribution in [1.29, 1.82) is 0 Å². The first-order chi connectivity index (χ1) is 13.6. The van der Waals surface area contributed by atoms with Crippen LogP contribution >= 0.6 is 0 Å². The number of hydrogen-bond acceptors (Lipinski definition) is 2. The maximum Gasteiger partial charge on any atom is 0.285 e. The van der Waals surface area contributed by atoms with Crippen LogP contribution in [0.4, 0.5) is 0 Å². The molecule has 0 spiro atoms. The topological polar surface area (TPSA) is 33.6 Å². The van der Waals surface area contributed by atoms with E-state index in [0.29, 0.717) is 12.1 Å². The van der Waals surface area contributed by atoms with Gasteiger partial charge in [0.2, 0.25) is 0 Å². The first-order valence-corrected chi connectivity index (χ1v) is 11.8. The van der Waals surface area contributed by atoms with Crippen LogP contribution in [0.3, 0.4) is 0 Å². The van der Waals surface area contributed by atoms with Gasteiger partial charge in [0.05, 0.1) is 6.61 Å². The molecule has 3 heteroatoms. The minimum absolute atomic E-state index is 0.261. The van der Waals surface area contributed by atoms with Gasteiger partial charge in [-0.1, -0.05) is 69.8 Å². The second-order valence-corrected chi connectivity index (χ2v) is 8.26. The first-order valence-electron chi connectivity index (χ1n) is 11.8. The van der Waals surface area contributed by atoms with Crippen LogP contribution in [0.5, 0.6) is 0 Å². The molecule has 0 aromatic rings. The van der Waals surface area contributed by atoms with E-state index in [1.807, 2.05) is 0 Å². The predicted octanol–water partition coefficient (Wildman–Crippen LogP) is 7.58. The van der Waals surface area contributed by atoms with Gasteiger partial charge in [0, 0.05) is 12.1 Å². The fourth-order valence-corrected chi connectivity index (χ4v) is 2.86. The fraction of sp³-hybridized carbons (Fsp3) is 0.800. The average Bonchev–Trinajstić information content (AvgIpc) is 2.63. The Bertz CT molecular complexity index is 411. The van der Waals surface area contributed by atoms with E-state index in [9.17, 15) is 0 Å². The molecule has 0 atom stereocenters. The van der Waals surface area contributed by atoms with Crippen molar-refractivity contribution in [1.82, 2.24) is 5.32 Å². The van der Waals surface area contributed by atoms with E-state index < -0.39 is 0 Å². The van der Waals surface area contributed by atoms with E-state index in [-0.39, 0.29) is 6.04 Å². The Labute approximate surface area is 176 Å². The molecule has 0 aliphatic carbocycles. The van der Waals surface area contributed by atoms with E-state index in [1.54, 1.807) is 0 Å². The molecule has 0 bridgehead atoms. The molecule has 1 N–H and O–H groups in total. The van der Waals surface area contributed by atoms with Crippen LogP contribution in [0.15, 0.2) is 29.3 Å². The number of rotatable bonds is 17. The van der Waals surface area contributed by atoms with E-state index in [2.05, 4.69) is 69.2 Å². The molecular weight excluding hydrogens is 344 g/mol. The Balaban J connectivity index is 3.48. The van der Waals surface area contributed by atoms with Crippen LogP contribution in [0, 0.1) is 0 Å². The predicted molar refractivity (Wildman–Crippen MR) is 126 cm³/mol. The molecule has 0 heterocycles. The van der Waals surface area contributed by atoms with Crippen LogP contribution < -0.4 is 5.32 Å². The zero-order chi connectivity index (χ0) is 20.9. The zero-order valence-electron chi connectivity index (χ0n) is 19.5. The summed E-state index contributed by atoms with van der Waals surface area (Å²) < 4.78 is 5.81. The van der Waals surface area contributed by atoms with Gasteiger partial charge in [-0.2, -0.15) is 0 Å². The molecule has 0 aliphatic heterocycles. The van der Waals surface area contributed by atoms with Crippen molar-refractivity contribution >= 4 is 6.02 Å². The normalized spacial score (nSPS) is 12.8. The molecule has 0 aromatic carbocycles. The van der Waals surface area contributed by atoms with Gasteiger partial charge in [-0.15, -0.1) is 0 Å². The number of nitrogens with zero attached hydrogens (tertiary/aromatic N) is 1. The van der Waals surface area contributed by atoms with Crippen molar-refractivity contribution in [3.63, 3.8) is 0 Å². The Kier molecular flexibility index (Phi) is 19.6. The molecule has 0 fully saturated rings. The lowest BCUT2D eigenvalue weighted by Crippen LogP contribution is -2.33. The maximum absolute atomic E-state index is 5.81. The van der Waals surface area contributed by atoms with Gasteiger partial charge in [-0.25, -0.2) is 4.99 Å². The Morgan fingerprint density at radius 3 is 1.93 bits per heavy atom. The van der Waals surface area contributed by atoms with Crippen molar-refractivity contribution in [3.8, 4) is 0 Å². The van der Waals surface area contributed by atoms with Crippen LogP contribution in [0.25, 0.3) is 0 Å². The van der Waals surface area contributed by atoms with Crippen LogP contribution in [-0.2, 0) is 4.74 Å². The van der Waals surface area contributed by atoms with Gasteiger partial charge >= 0.3 is 0 Å². The van der Waals surface area contributed by atoms with Crippen molar-refractivity contribution in [2.45, 2.75) is 124 Å². The molecule has 0 rings (SSSR count). The highest BCUT2D eigenvalue weighted by Crippen LogP contribution is 2.08. The van der Waals surface area contributed by atoms with E-state index in [1.165, 1.54) is 64.2 Å². The second kappa shape index (κ2) is 20.5. The van der Waals surface area contributed by atoms with Gasteiger partial charge in [0.1, 0.15) is 0 Å². The maximum atomic E-state index is 5.81. The lowest BCUT2D eigenvalue weighted by Gasteiger charge is -2.15. The molecule has 0 radical (unpaired) electrons. The molecular formula is C25H48N2O. The van der Waals surface area contributed by atoms with E-state index in [4.69, 9.17) is 4.74 Å². The number of allylic oxidation sites excluding steroid dienone is 4. The zero-order valence-corrected chi connectivity index (χ0v) is 19.5. The summed E-state index contributed by atoms with van der Waals surface area (Å²) in [4.78, 5) is 4.50. The number of unbranched alkanes of at least 4 members (excludes halogenated alkanes) is 9. The van der Waals surface area contributed by atoms with Gasteiger partial charge in [0.25, 0.3) is 6.02 Å². The van der Waals surface area contributed by atoms with Crippen molar-refractivity contribution in [2.75, 3.05) is 6.61 Å². The minimum Gasteiger partial charge on any atom is -0.465 e. The smallest absolute Gasteiger partial charge is 0.285 e.